The number of rotatable bonds is 6. The summed E-state index contributed by atoms with van der Waals surface area (Å²) in [7, 11) is 1.66. The Morgan fingerprint density at radius 1 is 1.19 bits per heavy atom. The highest BCUT2D eigenvalue weighted by atomic mass is 79.9. The van der Waals surface area contributed by atoms with E-state index in [0.29, 0.717) is 6.61 Å². The van der Waals surface area contributed by atoms with E-state index in [1.165, 1.54) is 0 Å². The second kappa shape index (κ2) is 7.48. The maximum Gasteiger partial charge on any atom is 0.124 e. The number of hydrogen-bond donors (Lipinski definition) is 1. The minimum atomic E-state index is -0.00468. The van der Waals surface area contributed by atoms with Crippen molar-refractivity contribution >= 4 is 15.9 Å². The van der Waals surface area contributed by atoms with Gasteiger partial charge in [-0.25, -0.2) is 0 Å². The van der Waals surface area contributed by atoms with Crippen LogP contribution in [0.4, 0.5) is 0 Å². The second-order valence-electron chi connectivity index (χ2n) is 4.80. The average molecular weight is 350 g/mol. The fourth-order valence-corrected chi connectivity index (χ4v) is 2.44. The van der Waals surface area contributed by atoms with Gasteiger partial charge in [-0.1, -0.05) is 41.1 Å². The van der Waals surface area contributed by atoms with Crippen LogP contribution in [0.25, 0.3) is 0 Å². The van der Waals surface area contributed by atoms with Gasteiger partial charge in [0.15, 0.2) is 0 Å². The Hall–Kier alpha value is -1.52. The van der Waals surface area contributed by atoms with E-state index in [9.17, 15) is 0 Å². The van der Waals surface area contributed by atoms with Gasteiger partial charge in [0.05, 0.1) is 7.11 Å². The Morgan fingerprint density at radius 3 is 2.67 bits per heavy atom. The predicted molar refractivity (Wildman–Crippen MR) is 88.7 cm³/mol. The largest absolute Gasteiger partial charge is 0.497 e. The van der Waals surface area contributed by atoms with Crippen molar-refractivity contribution in [3.05, 3.63) is 58.1 Å². The van der Waals surface area contributed by atoms with Crippen LogP contribution in [0.3, 0.4) is 0 Å². The molecule has 2 aromatic rings. The van der Waals surface area contributed by atoms with Gasteiger partial charge in [0.25, 0.3) is 0 Å². The molecule has 0 aliphatic carbocycles. The first-order chi connectivity index (χ1) is 10.2. The first-order valence-electron chi connectivity index (χ1n) is 6.95. The van der Waals surface area contributed by atoms with Crippen LogP contribution in [0.1, 0.15) is 30.5 Å². The molecule has 0 saturated carbocycles. The third-order valence-corrected chi connectivity index (χ3v) is 4.17. The zero-order chi connectivity index (χ0) is 15.2. The molecule has 3 nitrogen and oxygen atoms in total. The van der Waals surface area contributed by atoms with Crippen LogP contribution >= 0.6 is 15.9 Å². The van der Waals surface area contributed by atoms with Crippen LogP contribution in [0, 0.1) is 0 Å². The van der Waals surface area contributed by atoms with Crippen molar-refractivity contribution < 1.29 is 9.47 Å². The van der Waals surface area contributed by atoms with Crippen LogP contribution in [0.15, 0.2) is 46.9 Å². The minimum absolute atomic E-state index is 0.00468. The molecule has 0 radical (unpaired) electrons. The summed E-state index contributed by atoms with van der Waals surface area (Å²) >= 11 is 3.53. The number of hydrogen-bond acceptors (Lipinski definition) is 3. The average Bonchev–Trinajstić information content (AvgIpc) is 2.53. The maximum atomic E-state index is 6.13. The normalized spacial score (nSPS) is 12.0. The van der Waals surface area contributed by atoms with E-state index in [4.69, 9.17) is 15.2 Å². The van der Waals surface area contributed by atoms with Crippen molar-refractivity contribution in [3.8, 4) is 11.5 Å². The number of nitrogens with two attached hydrogens (primary N) is 1. The second-order valence-corrected chi connectivity index (χ2v) is 5.65. The highest BCUT2D eigenvalue weighted by Gasteiger charge is 2.11. The minimum Gasteiger partial charge on any atom is -0.497 e. The fourth-order valence-electron chi connectivity index (χ4n) is 2.08. The van der Waals surface area contributed by atoms with Gasteiger partial charge in [0.1, 0.15) is 18.1 Å². The molecule has 2 N–H and O–H groups in total. The third-order valence-electron chi connectivity index (χ3n) is 3.39. The molecule has 0 saturated heterocycles. The summed E-state index contributed by atoms with van der Waals surface area (Å²) in [6, 6.07) is 13.8. The zero-order valence-corrected chi connectivity index (χ0v) is 13.9. The van der Waals surface area contributed by atoms with E-state index >= 15 is 0 Å². The summed E-state index contributed by atoms with van der Waals surface area (Å²) in [6.45, 7) is 2.53. The lowest BCUT2D eigenvalue weighted by atomic mass is 10.0. The Morgan fingerprint density at radius 2 is 1.95 bits per heavy atom. The number of benzene rings is 2. The van der Waals surface area contributed by atoms with Crippen LogP contribution < -0.4 is 15.2 Å². The van der Waals surface area contributed by atoms with E-state index in [2.05, 4.69) is 22.9 Å². The van der Waals surface area contributed by atoms with Crippen molar-refractivity contribution in [2.75, 3.05) is 7.11 Å². The lowest BCUT2D eigenvalue weighted by molar-refractivity contribution is 0.299. The topological polar surface area (TPSA) is 44.5 Å². The maximum absolute atomic E-state index is 6.13. The fraction of sp³-hybridized carbons (Fsp3) is 0.294. The van der Waals surface area contributed by atoms with E-state index in [0.717, 1.165) is 33.5 Å². The Balaban J connectivity index is 2.17. The molecule has 2 rings (SSSR count). The molecule has 112 valence electrons. The van der Waals surface area contributed by atoms with Gasteiger partial charge in [-0.2, -0.15) is 0 Å². The number of ether oxygens (including phenoxy) is 2. The van der Waals surface area contributed by atoms with E-state index in [1.807, 2.05) is 42.5 Å². The van der Waals surface area contributed by atoms with Gasteiger partial charge in [0.2, 0.25) is 0 Å². The van der Waals surface area contributed by atoms with Crippen molar-refractivity contribution in [1.29, 1.82) is 0 Å². The molecule has 2 aromatic carbocycles. The number of methoxy groups -OCH3 is 1. The molecule has 4 heteroatoms. The first-order valence-corrected chi connectivity index (χ1v) is 7.74. The molecule has 0 aliphatic rings. The van der Waals surface area contributed by atoms with E-state index < -0.39 is 0 Å². The van der Waals surface area contributed by atoms with E-state index in [-0.39, 0.29) is 6.04 Å². The smallest absolute Gasteiger partial charge is 0.124 e. The molecule has 1 atom stereocenters. The highest BCUT2D eigenvalue weighted by molar-refractivity contribution is 9.10. The molecule has 0 fully saturated rings. The molecule has 0 bridgehead atoms. The van der Waals surface area contributed by atoms with Gasteiger partial charge in [-0.3, -0.25) is 0 Å². The van der Waals surface area contributed by atoms with Gasteiger partial charge < -0.3 is 15.2 Å². The molecular formula is C17H20BrNO2. The first kappa shape index (κ1) is 15.9. The molecule has 0 spiro atoms. The standard InChI is InChI=1S/C17H20BrNO2/c1-3-16(19)14-6-4-5-7-17(14)21-11-12-10-13(20-2)8-9-15(12)18/h4-10,16H,3,11,19H2,1-2H3/t16-/m0/s1. The van der Waals surface area contributed by atoms with Crippen LogP contribution in [0.5, 0.6) is 11.5 Å². The molecule has 0 unspecified atom stereocenters. The van der Waals surface area contributed by atoms with Crippen molar-refractivity contribution in [3.63, 3.8) is 0 Å². The summed E-state index contributed by atoms with van der Waals surface area (Å²) in [5, 5.41) is 0. The predicted octanol–water partition coefficient (Wildman–Crippen LogP) is 4.45. The molecule has 0 aromatic heterocycles. The lowest BCUT2D eigenvalue weighted by Gasteiger charge is -2.16. The van der Waals surface area contributed by atoms with Crippen molar-refractivity contribution in [1.82, 2.24) is 0 Å². The Kier molecular flexibility index (Phi) is 5.65. The van der Waals surface area contributed by atoms with Crippen LogP contribution in [-0.4, -0.2) is 7.11 Å². The quantitative estimate of drug-likeness (QED) is 0.837. The van der Waals surface area contributed by atoms with Gasteiger partial charge in [0, 0.05) is 21.6 Å². The summed E-state index contributed by atoms with van der Waals surface area (Å²) in [5.41, 5.74) is 8.21. The molecular weight excluding hydrogens is 330 g/mol. The van der Waals surface area contributed by atoms with Crippen LogP contribution in [0.2, 0.25) is 0 Å². The van der Waals surface area contributed by atoms with Gasteiger partial charge in [-0.05, 0) is 30.7 Å². The zero-order valence-electron chi connectivity index (χ0n) is 12.3. The van der Waals surface area contributed by atoms with Crippen LogP contribution in [-0.2, 0) is 6.61 Å². The SMILES string of the molecule is CC[C@H](N)c1ccccc1OCc1cc(OC)ccc1Br. The summed E-state index contributed by atoms with van der Waals surface area (Å²) in [5.74, 6) is 1.65. The van der Waals surface area contributed by atoms with Gasteiger partial charge in [-0.15, -0.1) is 0 Å². The molecule has 21 heavy (non-hydrogen) atoms. The number of para-hydroxylation sites is 1. The Bertz CT molecular complexity index is 601. The lowest BCUT2D eigenvalue weighted by Crippen LogP contribution is -2.10. The summed E-state index contributed by atoms with van der Waals surface area (Å²) in [6.07, 6.45) is 0.878. The molecule has 0 amide bonds. The van der Waals surface area contributed by atoms with Gasteiger partial charge >= 0.3 is 0 Å². The van der Waals surface area contributed by atoms with E-state index in [1.54, 1.807) is 7.11 Å². The summed E-state index contributed by atoms with van der Waals surface area (Å²) in [4.78, 5) is 0. The monoisotopic (exact) mass is 349 g/mol. The third kappa shape index (κ3) is 3.99. The summed E-state index contributed by atoms with van der Waals surface area (Å²) < 4.78 is 12.2. The number of halogens is 1. The Labute approximate surface area is 134 Å². The van der Waals surface area contributed by atoms with Crippen molar-refractivity contribution in [2.45, 2.75) is 26.0 Å². The molecule has 0 heterocycles. The molecule has 0 aliphatic heterocycles. The van der Waals surface area contributed by atoms with Crippen molar-refractivity contribution in [2.24, 2.45) is 5.73 Å². The highest BCUT2D eigenvalue weighted by Crippen LogP contribution is 2.28.